The number of Topliss-reactive ketones (excluding diaryl/α,β-unsaturated/α-hetero) is 1. The normalized spacial score (nSPS) is 13.8. The molecule has 1 aromatic rings. The lowest BCUT2D eigenvalue weighted by atomic mass is 9.91. The van der Waals surface area contributed by atoms with Gasteiger partial charge >= 0.3 is 0 Å². The minimum atomic E-state index is -3.41. The van der Waals surface area contributed by atoms with E-state index in [0.717, 1.165) is 5.56 Å². The molecule has 0 radical (unpaired) electrons. The molecule has 0 spiro atoms. The molecule has 0 bridgehead atoms. The third-order valence-corrected chi connectivity index (χ3v) is 4.98. The van der Waals surface area contributed by atoms with Crippen molar-refractivity contribution in [3.05, 3.63) is 29.8 Å². The van der Waals surface area contributed by atoms with Gasteiger partial charge in [-0.3, -0.25) is 4.79 Å². The van der Waals surface area contributed by atoms with E-state index in [-0.39, 0.29) is 22.5 Å². The number of nitrogens with zero attached hydrogens (tertiary/aromatic N) is 1. The zero-order valence-electron chi connectivity index (χ0n) is 12.0. The fourth-order valence-corrected chi connectivity index (χ4v) is 2.71. The van der Waals surface area contributed by atoms with Gasteiger partial charge in [0.05, 0.1) is 4.90 Å². The lowest BCUT2D eigenvalue weighted by Crippen LogP contribution is -2.22. The fraction of sp³-hybridized carbons (Fsp3) is 0.500. The van der Waals surface area contributed by atoms with Crippen LogP contribution in [0.3, 0.4) is 0 Å². The van der Waals surface area contributed by atoms with Crippen LogP contribution in [0.25, 0.3) is 0 Å². The van der Waals surface area contributed by atoms with E-state index in [1.54, 1.807) is 24.3 Å². The number of rotatable bonds is 5. The summed E-state index contributed by atoms with van der Waals surface area (Å²) in [7, 11) is -0.419. The molecule has 0 saturated heterocycles. The average Bonchev–Trinajstić information content (AvgIpc) is 2.36. The Bertz CT molecular complexity index is 545. The summed E-state index contributed by atoms with van der Waals surface area (Å²) in [5.74, 6) is -0.0838. The summed E-state index contributed by atoms with van der Waals surface area (Å²) in [6.07, 6.45) is 0. The Hall–Kier alpha value is -1.20. The first-order valence-electron chi connectivity index (χ1n) is 6.24. The topological polar surface area (TPSA) is 54.5 Å². The summed E-state index contributed by atoms with van der Waals surface area (Å²) in [5.41, 5.74) is 0.844. The van der Waals surface area contributed by atoms with E-state index in [1.807, 2.05) is 20.8 Å². The highest BCUT2D eigenvalue weighted by Crippen LogP contribution is 2.22. The molecule has 1 aromatic carbocycles. The molecule has 1 rings (SSSR count). The van der Waals surface area contributed by atoms with Crippen molar-refractivity contribution in [1.82, 2.24) is 4.31 Å². The quantitative estimate of drug-likeness (QED) is 0.833. The van der Waals surface area contributed by atoms with E-state index >= 15 is 0 Å². The first kappa shape index (κ1) is 15.9. The molecule has 106 valence electrons. The molecule has 0 aliphatic carbocycles. The van der Waals surface area contributed by atoms with Crippen molar-refractivity contribution in [2.75, 3.05) is 14.1 Å². The molecule has 19 heavy (non-hydrogen) atoms. The van der Waals surface area contributed by atoms with Crippen molar-refractivity contribution in [2.24, 2.45) is 5.92 Å². The van der Waals surface area contributed by atoms with E-state index in [1.165, 1.54) is 18.4 Å². The molecule has 0 fully saturated rings. The Balaban J connectivity index is 3.04. The van der Waals surface area contributed by atoms with E-state index in [4.69, 9.17) is 0 Å². The molecular formula is C14H21NO3S. The molecule has 0 aliphatic heterocycles. The molecular weight excluding hydrogens is 262 g/mol. The van der Waals surface area contributed by atoms with E-state index in [9.17, 15) is 13.2 Å². The summed E-state index contributed by atoms with van der Waals surface area (Å²) in [6.45, 7) is 5.57. The SMILES string of the molecule is CC(C)C(=O)C(C)c1ccc(S(=O)(=O)N(C)C)cc1. The minimum Gasteiger partial charge on any atom is -0.299 e. The second-order valence-electron chi connectivity index (χ2n) is 5.14. The highest BCUT2D eigenvalue weighted by atomic mass is 32.2. The fourth-order valence-electron chi connectivity index (χ4n) is 1.80. The number of ketones is 1. The number of hydrogen-bond donors (Lipinski definition) is 0. The summed E-state index contributed by atoms with van der Waals surface area (Å²) < 4.78 is 25.0. The van der Waals surface area contributed by atoms with E-state index < -0.39 is 10.0 Å². The van der Waals surface area contributed by atoms with Crippen LogP contribution in [0.1, 0.15) is 32.3 Å². The average molecular weight is 283 g/mol. The Morgan fingerprint density at radius 2 is 1.53 bits per heavy atom. The van der Waals surface area contributed by atoms with Crippen LogP contribution in [0.2, 0.25) is 0 Å². The van der Waals surface area contributed by atoms with Crippen LogP contribution >= 0.6 is 0 Å². The maximum atomic E-state index is 11.9. The van der Waals surface area contributed by atoms with Crippen molar-refractivity contribution < 1.29 is 13.2 Å². The van der Waals surface area contributed by atoms with Gasteiger partial charge < -0.3 is 0 Å². The largest absolute Gasteiger partial charge is 0.299 e. The Labute approximate surface area is 115 Å². The van der Waals surface area contributed by atoms with Crippen molar-refractivity contribution in [3.63, 3.8) is 0 Å². The predicted molar refractivity (Wildman–Crippen MR) is 75.6 cm³/mol. The highest BCUT2D eigenvalue weighted by Gasteiger charge is 2.20. The van der Waals surface area contributed by atoms with Crippen LogP contribution in [0.5, 0.6) is 0 Å². The molecule has 5 heteroatoms. The second kappa shape index (κ2) is 5.84. The molecule has 0 aliphatic rings. The summed E-state index contributed by atoms with van der Waals surface area (Å²) >= 11 is 0. The molecule has 0 saturated carbocycles. The smallest absolute Gasteiger partial charge is 0.242 e. The van der Waals surface area contributed by atoms with Crippen LogP contribution in [0, 0.1) is 5.92 Å². The number of hydrogen-bond acceptors (Lipinski definition) is 3. The van der Waals surface area contributed by atoms with Gasteiger partial charge in [0.1, 0.15) is 5.78 Å². The summed E-state index contributed by atoms with van der Waals surface area (Å²) in [4.78, 5) is 12.1. The second-order valence-corrected chi connectivity index (χ2v) is 7.29. The lowest BCUT2D eigenvalue weighted by molar-refractivity contribution is -0.123. The third-order valence-electron chi connectivity index (χ3n) is 3.15. The monoisotopic (exact) mass is 283 g/mol. The molecule has 0 N–H and O–H groups in total. The van der Waals surface area contributed by atoms with Crippen molar-refractivity contribution in [1.29, 1.82) is 0 Å². The number of benzene rings is 1. The first-order valence-corrected chi connectivity index (χ1v) is 7.68. The van der Waals surface area contributed by atoms with Gasteiger partial charge in [-0.2, -0.15) is 0 Å². The molecule has 4 nitrogen and oxygen atoms in total. The Morgan fingerprint density at radius 3 is 1.89 bits per heavy atom. The van der Waals surface area contributed by atoms with Crippen LogP contribution < -0.4 is 0 Å². The maximum Gasteiger partial charge on any atom is 0.242 e. The molecule has 0 amide bonds. The van der Waals surface area contributed by atoms with Gasteiger partial charge in [-0.05, 0) is 17.7 Å². The first-order chi connectivity index (χ1) is 8.67. The number of sulfonamides is 1. The number of carbonyl (C=O) groups is 1. The van der Waals surface area contributed by atoms with Crippen LogP contribution in [0.4, 0.5) is 0 Å². The van der Waals surface area contributed by atoms with Crippen molar-refractivity contribution >= 4 is 15.8 Å². The Morgan fingerprint density at radius 1 is 1.05 bits per heavy atom. The van der Waals surface area contributed by atoms with Crippen LogP contribution in [0.15, 0.2) is 29.2 Å². The van der Waals surface area contributed by atoms with E-state index in [2.05, 4.69) is 0 Å². The van der Waals surface area contributed by atoms with Crippen LogP contribution in [-0.2, 0) is 14.8 Å². The lowest BCUT2D eigenvalue weighted by Gasteiger charge is -2.15. The standard InChI is InChI=1S/C14H21NO3S/c1-10(2)14(16)11(3)12-6-8-13(9-7-12)19(17,18)15(4)5/h6-11H,1-5H3. The van der Waals surface area contributed by atoms with Crippen molar-refractivity contribution in [2.45, 2.75) is 31.6 Å². The summed E-state index contributed by atoms with van der Waals surface area (Å²) in [5, 5.41) is 0. The van der Waals surface area contributed by atoms with Gasteiger partial charge in [0.15, 0.2) is 0 Å². The van der Waals surface area contributed by atoms with Gasteiger partial charge in [-0.15, -0.1) is 0 Å². The zero-order chi connectivity index (χ0) is 14.8. The summed E-state index contributed by atoms with van der Waals surface area (Å²) in [6, 6.07) is 6.52. The minimum absolute atomic E-state index is 0.0276. The van der Waals surface area contributed by atoms with Gasteiger partial charge in [0.25, 0.3) is 0 Å². The van der Waals surface area contributed by atoms with Gasteiger partial charge in [-0.1, -0.05) is 32.9 Å². The predicted octanol–water partition coefficient (Wildman–Crippen LogP) is 2.27. The van der Waals surface area contributed by atoms with Crippen molar-refractivity contribution in [3.8, 4) is 0 Å². The zero-order valence-corrected chi connectivity index (χ0v) is 12.9. The maximum absolute atomic E-state index is 11.9. The van der Waals surface area contributed by atoms with Gasteiger partial charge in [0, 0.05) is 25.9 Å². The molecule has 0 aromatic heterocycles. The third kappa shape index (κ3) is 3.42. The Kier molecular flexibility index (Phi) is 4.87. The molecule has 1 atom stereocenters. The molecule has 0 heterocycles. The van der Waals surface area contributed by atoms with E-state index in [0.29, 0.717) is 0 Å². The molecule has 1 unspecified atom stereocenters. The van der Waals surface area contributed by atoms with Gasteiger partial charge in [-0.25, -0.2) is 12.7 Å². The van der Waals surface area contributed by atoms with Gasteiger partial charge in [0.2, 0.25) is 10.0 Å². The number of carbonyl (C=O) groups excluding carboxylic acids is 1. The highest BCUT2D eigenvalue weighted by molar-refractivity contribution is 7.89. The van der Waals surface area contributed by atoms with Crippen LogP contribution in [-0.4, -0.2) is 32.6 Å².